The molecule has 1 aromatic rings. The molecule has 0 atom stereocenters. The molecule has 1 aromatic carbocycles. The Morgan fingerprint density at radius 3 is 2.50 bits per heavy atom. The summed E-state index contributed by atoms with van der Waals surface area (Å²) in [5.74, 6) is -0.615. The van der Waals surface area contributed by atoms with Gasteiger partial charge in [-0.15, -0.1) is 0 Å². The number of benzene rings is 1. The molecule has 1 saturated heterocycles. The molecule has 0 aromatic heterocycles. The van der Waals surface area contributed by atoms with Crippen LogP contribution < -0.4 is 5.14 Å². The first kappa shape index (κ1) is 14.9. The van der Waals surface area contributed by atoms with E-state index in [9.17, 15) is 17.6 Å². The fourth-order valence-corrected chi connectivity index (χ4v) is 3.01. The van der Waals surface area contributed by atoms with Gasteiger partial charge in [0.05, 0.1) is 10.5 Å². The SMILES string of the molecule is CC1CCN(C(=O)c2cc(F)ccc2S(N)(=O)=O)CC1. The third-order valence-electron chi connectivity index (χ3n) is 3.55. The molecule has 0 bridgehead atoms. The van der Waals surface area contributed by atoms with Gasteiger partial charge >= 0.3 is 0 Å². The van der Waals surface area contributed by atoms with E-state index < -0.39 is 21.7 Å². The summed E-state index contributed by atoms with van der Waals surface area (Å²) in [7, 11) is -4.06. The minimum absolute atomic E-state index is 0.193. The number of halogens is 1. The summed E-state index contributed by atoms with van der Waals surface area (Å²) in [6.07, 6.45) is 1.71. The Balaban J connectivity index is 2.36. The van der Waals surface area contributed by atoms with Crippen molar-refractivity contribution >= 4 is 15.9 Å². The summed E-state index contributed by atoms with van der Waals surface area (Å²) in [6, 6.07) is 2.94. The summed E-state index contributed by atoms with van der Waals surface area (Å²) >= 11 is 0. The van der Waals surface area contributed by atoms with Gasteiger partial charge in [0.25, 0.3) is 5.91 Å². The average Bonchev–Trinajstić information content (AvgIpc) is 2.37. The van der Waals surface area contributed by atoms with E-state index >= 15 is 0 Å². The number of nitrogens with two attached hydrogens (primary N) is 1. The number of rotatable bonds is 2. The topological polar surface area (TPSA) is 80.5 Å². The highest BCUT2D eigenvalue weighted by molar-refractivity contribution is 7.89. The van der Waals surface area contributed by atoms with Crippen molar-refractivity contribution in [2.24, 2.45) is 11.1 Å². The van der Waals surface area contributed by atoms with Gasteiger partial charge in [-0.05, 0) is 37.0 Å². The Hall–Kier alpha value is -1.47. The fraction of sp³-hybridized carbons (Fsp3) is 0.462. The predicted molar refractivity (Wildman–Crippen MR) is 72.1 cm³/mol. The minimum atomic E-state index is -4.06. The van der Waals surface area contributed by atoms with Crippen molar-refractivity contribution in [1.29, 1.82) is 0 Å². The van der Waals surface area contributed by atoms with E-state index in [0.717, 1.165) is 31.0 Å². The molecule has 7 heteroatoms. The zero-order chi connectivity index (χ0) is 14.9. The first-order chi connectivity index (χ1) is 9.29. The smallest absolute Gasteiger partial charge is 0.255 e. The van der Waals surface area contributed by atoms with Crippen LogP contribution in [0.1, 0.15) is 30.1 Å². The Bertz CT molecular complexity index is 623. The van der Waals surface area contributed by atoms with Crippen molar-refractivity contribution in [3.63, 3.8) is 0 Å². The van der Waals surface area contributed by atoms with E-state index in [1.54, 1.807) is 4.90 Å². The lowest BCUT2D eigenvalue weighted by Crippen LogP contribution is -2.38. The van der Waals surface area contributed by atoms with E-state index in [0.29, 0.717) is 19.0 Å². The molecule has 0 unspecified atom stereocenters. The van der Waals surface area contributed by atoms with Crippen molar-refractivity contribution in [1.82, 2.24) is 4.90 Å². The van der Waals surface area contributed by atoms with Gasteiger partial charge in [-0.1, -0.05) is 6.92 Å². The quantitative estimate of drug-likeness (QED) is 0.895. The fourth-order valence-electron chi connectivity index (χ4n) is 2.30. The third-order valence-corrected chi connectivity index (χ3v) is 4.52. The van der Waals surface area contributed by atoms with Crippen LogP contribution in [0.3, 0.4) is 0 Å². The maximum Gasteiger partial charge on any atom is 0.255 e. The number of likely N-dealkylation sites (tertiary alicyclic amines) is 1. The summed E-state index contributed by atoms with van der Waals surface area (Å²) in [6.45, 7) is 3.18. The van der Waals surface area contributed by atoms with Gasteiger partial charge in [0.15, 0.2) is 0 Å². The normalized spacial score (nSPS) is 17.2. The van der Waals surface area contributed by atoms with Gasteiger partial charge < -0.3 is 4.90 Å². The zero-order valence-corrected chi connectivity index (χ0v) is 12.0. The number of piperidine rings is 1. The van der Waals surface area contributed by atoms with Crippen LogP contribution in [0.25, 0.3) is 0 Å². The van der Waals surface area contributed by atoms with Crippen LogP contribution >= 0.6 is 0 Å². The van der Waals surface area contributed by atoms with Gasteiger partial charge in [-0.3, -0.25) is 4.79 Å². The van der Waals surface area contributed by atoms with E-state index in [1.807, 2.05) is 0 Å². The number of hydrogen-bond acceptors (Lipinski definition) is 3. The van der Waals surface area contributed by atoms with Crippen LogP contribution in [-0.2, 0) is 10.0 Å². The number of nitrogens with zero attached hydrogens (tertiary/aromatic N) is 1. The number of carbonyl (C=O) groups excluding carboxylic acids is 1. The molecule has 1 aliphatic heterocycles. The highest BCUT2D eigenvalue weighted by Gasteiger charge is 2.26. The van der Waals surface area contributed by atoms with Crippen molar-refractivity contribution in [2.45, 2.75) is 24.7 Å². The molecule has 1 fully saturated rings. The van der Waals surface area contributed by atoms with Crippen molar-refractivity contribution < 1.29 is 17.6 Å². The van der Waals surface area contributed by atoms with Gasteiger partial charge in [0, 0.05) is 13.1 Å². The second kappa shape index (κ2) is 5.49. The lowest BCUT2D eigenvalue weighted by atomic mass is 9.98. The molecular weight excluding hydrogens is 283 g/mol. The highest BCUT2D eigenvalue weighted by atomic mass is 32.2. The third kappa shape index (κ3) is 3.16. The Morgan fingerprint density at radius 1 is 1.35 bits per heavy atom. The Labute approximate surface area is 117 Å². The molecule has 0 aliphatic carbocycles. The molecular formula is C13H17FN2O3S. The molecule has 110 valence electrons. The molecule has 5 nitrogen and oxygen atoms in total. The van der Waals surface area contributed by atoms with Crippen LogP contribution in [0.2, 0.25) is 0 Å². The van der Waals surface area contributed by atoms with Crippen molar-refractivity contribution in [2.75, 3.05) is 13.1 Å². The molecule has 1 aliphatic rings. The van der Waals surface area contributed by atoms with Gasteiger partial charge in [0.2, 0.25) is 10.0 Å². The molecule has 1 heterocycles. The van der Waals surface area contributed by atoms with Crippen LogP contribution in [-0.4, -0.2) is 32.3 Å². The maximum atomic E-state index is 13.3. The van der Waals surface area contributed by atoms with E-state index in [2.05, 4.69) is 6.92 Å². The predicted octanol–water partition coefficient (Wildman–Crippen LogP) is 1.35. The number of carbonyl (C=O) groups is 1. The second-order valence-corrected chi connectivity index (χ2v) is 6.69. The lowest BCUT2D eigenvalue weighted by Gasteiger charge is -2.30. The van der Waals surface area contributed by atoms with E-state index in [-0.39, 0.29) is 10.5 Å². The number of amides is 1. The Kier molecular flexibility index (Phi) is 4.10. The number of primary sulfonamides is 1. The maximum absolute atomic E-state index is 13.3. The summed E-state index contributed by atoms with van der Waals surface area (Å²) < 4.78 is 36.3. The van der Waals surface area contributed by atoms with Gasteiger partial charge in [-0.2, -0.15) is 0 Å². The molecule has 1 amide bonds. The molecule has 0 radical (unpaired) electrons. The average molecular weight is 300 g/mol. The van der Waals surface area contributed by atoms with E-state index in [4.69, 9.17) is 5.14 Å². The largest absolute Gasteiger partial charge is 0.339 e. The van der Waals surface area contributed by atoms with Gasteiger partial charge in [-0.25, -0.2) is 17.9 Å². The van der Waals surface area contributed by atoms with Crippen LogP contribution in [0.5, 0.6) is 0 Å². The summed E-state index contributed by atoms with van der Waals surface area (Å²) in [4.78, 5) is 13.6. The highest BCUT2D eigenvalue weighted by Crippen LogP contribution is 2.22. The lowest BCUT2D eigenvalue weighted by molar-refractivity contribution is 0.0692. The van der Waals surface area contributed by atoms with E-state index in [1.165, 1.54) is 0 Å². The van der Waals surface area contributed by atoms with Gasteiger partial charge in [0.1, 0.15) is 5.82 Å². The monoisotopic (exact) mass is 300 g/mol. The first-order valence-electron chi connectivity index (χ1n) is 6.40. The molecule has 0 spiro atoms. The van der Waals surface area contributed by atoms with Crippen LogP contribution in [0.4, 0.5) is 4.39 Å². The number of hydrogen-bond donors (Lipinski definition) is 1. The standard InChI is InChI=1S/C13H17FN2O3S/c1-9-4-6-16(7-5-9)13(17)11-8-10(14)2-3-12(11)20(15,18)19/h2-3,8-9H,4-7H2,1H3,(H2,15,18,19). The molecule has 0 saturated carbocycles. The zero-order valence-electron chi connectivity index (χ0n) is 11.2. The summed E-state index contributed by atoms with van der Waals surface area (Å²) in [5, 5.41) is 5.08. The minimum Gasteiger partial charge on any atom is -0.339 e. The second-order valence-electron chi connectivity index (χ2n) is 5.16. The van der Waals surface area contributed by atoms with Crippen molar-refractivity contribution in [3.05, 3.63) is 29.6 Å². The van der Waals surface area contributed by atoms with Crippen LogP contribution in [0, 0.1) is 11.7 Å². The molecule has 2 rings (SSSR count). The molecule has 20 heavy (non-hydrogen) atoms. The number of sulfonamides is 1. The molecule has 2 N–H and O–H groups in total. The van der Waals surface area contributed by atoms with Crippen LogP contribution in [0.15, 0.2) is 23.1 Å². The van der Waals surface area contributed by atoms with Crippen molar-refractivity contribution in [3.8, 4) is 0 Å². The Morgan fingerprint density at radius 2 is 1.95 bits per heavy atom. The first-order valence-corrected chi connectivity index (χ1v) is 7.95. The summed E-state index contributed by atoms with van der Waals surface area (Å²) in [5.41, 5.74) is -0.193.